The molecule has 0 aliphatic carbocycles. The molecule has 0 radical (unpaired) electrons. The van der Waals surface area contributed by atoms with Gasteiger partial charge in [-0.15, -0.1) is 0 Å². The maximum atomic E-state index is 3.60. The molecule has 2 nitrogen and oxygen atoms in total. The molecule has 0 bridgehead atoms. The predicted molar refractivity (Wildman–Crippen MR) is 67.2 cm³/mol. The van der Waals surface area contributed by atoms with Crippen molar-refractivity contribution in [3.05, 3.63) is 0 Å². The normalized spacial score (nSPS) is 27.8. The molecule has 0 aromatic carbocycles. The van der Waals surface area contributed by atoms with Crippen molar-refractivity contribution < 1.29 is 0 Å². The molecule has 1 N–H and O–H groups in total. The van der Waals surface area contributed by atoms with Gasteiger partial charge in [0.05, 0.1) is 0 Å². The summed E-state index contributed by atoms with van der Waals surface area (Å²) in [5.41, 5.74) is 0.555. The molecule has 1 heterocycles. The molecule has 0 aromatic heterocycles. The van der Waals surface area contributed by atoms with Crippen molar-refractivity contribution >= 4 is 0 Å². The fourth-order valence-corrected chi connectivity index (χ4v) is 2.50. The van der Waals surface area contributed by atoms with E-state index in [0.717, 1.165) is 0 Å². The third kappa shape index (κ3) is 3.46. The van der Waals surface area contributed by atoms with Gasteiger partial charge in [0.25, 0.3) is 0 Å². The summed E-state index contributed by atoms with van der Waals surface area (Å²) in [4.78, 5) is 2.62. The van der Waals surface area contributed by atoms with Gasteiger partial charge in [-0.3, -0.25) is 0 Å². The van der Waals surface area contributed by atoms with E-state index in [-0.39, 0.29) is 0 Å². The summed E-state index contributed by atoms with van der Waals surface area (Å²) in [7, 11) is 0. The summed E-state index contributed by atoms with van der Waals surface area (Å²) in [6.07, 6.45) is 3.93. The lowest BCUT2D eigenvalue weighted by Crippen LogP contribution is -2.38. The molecule has 1 aliphatic rings. The van der Waals surface area contributed by atoms with Gasteiger partial charge in [0, 0.05) is 19.1 Å². The average Bonchev–Trinajstić information content (AvgIpc) is 2.64. The van der Waals surface area contributed by atoms with Crippen molar-refractivity contribution in [3.8, 4) is 0 Å². The van der Waals surface area contributed by atoms with Crippen LogP contribution in [0.25, 0.3) is 0 Å². The highest BCUT2D eigenvalue weighted by Gasteiger charge is 2.36. The molecule has 0 amide bonds. The lowest BCUT2D eigenvalue weighted by Gasteiger charge is -2.29. The second-order valence-corrected chi connectivity index (χ2v) is 5.34. The molecular weight excluding hydrogens is 184 g/mol. The number of nitrogens with one attached hydrogen (secondary N) is 1. The molecule has 1 saturated heterocycles. The van der Waals surface area contributed by atoms with Crippen molar-refractivity contribution in [2.45, 2.75) is 53.0 Å². The van der Waals surface area contributed by atoms with E-state index in [4.69, 9.17) is 0 Å². The first kappa shape index (κ1) is 13.0. The van der Waals surface area contributed by atoms with Crippen LogP contribution in [0.5, 0.6) is 0 Å². The first-order valence-corrected chi connectivity index (χ1v) is 6.58. The van der Waals surface area contributed by atoms with Crippen LogP contribution in [0.2, 0.25) is 0 Å². The number of hydrogen-bond donors (Lipinski definition) is 1. The highest BCUT2D eigenvalue weighted by atomic mass is 15.2. The number of likely N-dealkylation sites (tertiary alicyclic amines) is 1. The fourth-order valence-electron chi connectivity index (χ4n) is 2.50. The van der Waals surface area contributed by atoms with Crippen molar-refractivity contribution in [2.24, 2.45) is 5.41 Å². The second kappa shape index (κ2) is 5.86. The van der Waals surface area contributed by atoms with E-state index in [9.17, 15) is 0 Å². The van der Waals surface area contributed by atoms with Gasteiger partial charge >= 0.3 is 0 Å². The number of rotatable bonds is 6. The molecule has 1 atom stereocenters. The van der Waals surface area contributed by atoms with Crippen molar-refractivity contribution in [1.29, 1.82) is 0 Å². The molecule has 1 aliphatic heterocycles. The Bertz CT molecular complexity index is 179. The summed E-state index contributed by atoms with van der Waals surface area (Å²) in [6, 6.07) is 0.713. The van der Waals surface area contributed by atoms with Crippen LogP contribution in [0.3, 0.4) is 0 Å². The zero-order chi connectivity index (χ0) is 11.3. The van der Waals surface area contributed by atoms with Crippen LogP contribution < -0.4 is 5.32 Å². The molecule has 15 heavy (non-hydrogen) atoms. The summed E-state index contributed by atoms with van der Waals surface area (Å²) in [5, 5.41) is 3.60. The van der Waals surface area contributed by atoms with Crippen LogP contribution in [0.1, 0.15) is 47.0 Å². The molecule has 0 aromatic rings. The topological polar surface area (TPSA) is 15.3 Å². The average molecular weight is 212 g/mol. The summed E-state index contributed by atoms with van der Waals surface area (Å²) >= 11 is 0. The molecule has 90 valence electrons. The van der Waals surface area contributed by atoms with E-state index in [1.54, 1.807) is 0 Å². The van der Waals surface area contributed by atoms with E-state index in [2.05, 4.69) is 37.9 Å². The summed E-state index contributed by atoms with van der Waals surface area (Å²) in [6.45, 7) is 14.2. The van der Waals surface area contributed by atoms with Crippen LogP contribution in [0, 0.1) is 5.41 Å². The Labute approximate surface area is 95.4 Å². The Hall–Kier alpha value is -0.0800. The Morgan fingerprint density at radius 3 is 2.53 bits per heavy atom. The van der Waals surface area contributed by atoms with Gasteiger partial charge in [0.15, 0.2) is 0 Å². The van der Waals surface area contributed by atoms with E-state index in [0.29, 0.717) is 11.5 Å². The summed E-state index contributed by atoms with van der Waals surface area (Å²) < 4.78 is 0. The van der Waals surface area contributed by atoms with Crippen molar-refractivity contribution in [1.82, 2.24) is 10.2 Å². The zero-order valence-electron chi connectivity index (χ0n) is 11.0. The van der Waals surface area contributed by atoms with Crippen molar-refractivity contribution in [3.63, 3.8) is 0 Å². The molecular formula is C13H28N2. The highest BCUT2D eigenvalue weighted by Crippen LogP contribution is 2.34. The predicted octanol–water partition coefficient (Wildman–Crippen LogP) is 2.50. The lowest BCUT2D eigenvalue weighted by atomic mass is 9.84. The Balaban J connectivity index is 2.41. The zero-order valence-corrected chi connectivity index (χ0v) is 11.0. The highest BCUT2D eigenvalue weighted by molar-refractivity contribution is 4.91. The second-order valence-electron chi connectivity index (χ2n) is 5.34. The van der Waals surface area contributed by atoms with Crippen LogP contribution in [0.4, 0.5) is 0 Å². The van der Waals surface area contributed by atoms with Crippen LogP contribution in [-0.2, 0) is 0 Å². The van der Waals surface area contributed by atoms with E-state index >= 15 is 0 Å². The first-order valence-electron chi connectivity index (χ1n) is 6.58. The molecule has 2 heteroatoms. The maximum absolute atomic E-state index is 3.60. The lowest BCUT2D eigenvalue weighted by molar-refractivity contribution is 0.212. The van der Waals surface area contributed by atoms with Gasteiger partial charge in [0.2, 0.25) is 0 Å². The Morgan fingerprint density at radius 1 is 1.33 bits per heavy atom. The minimum atomic E-state index is 0.555. The van der Waals surface area contributed by atoms with Crippen molar-refractivity contribution in [2.75, 3.05) is 26.2 Å². The molecule has 1 rings (SSSR count). The minimum Gasteiger partial charge on any atom is -0.316 e. The van der Waals surface area contributed by atoms with Gasteiger partial charge in [-0.25, -0.2) is 0 Å². The third-order valence-electron chi connectivity index (χ3n) is 3.87. The maximum Gasteiger partial charge on any atom is 0.00532 e. The van der Waals surface area contributed by atoms with Crippen LogP contribution >= 0.6 is 0 Å². The molecule has 1 unspecified atom stereocenters. The first-order chi connectivity index (χ1) is 7.13. The third-order valence-corrected chi connectivity index (χ3v) is 3.87. The van der Waals surface area contributed by atoms with E-state index in [1.807, 2.05) is 0 Å². The van der Waals surface area contributed by atoms with Gasteiger partial charge in [-0.05, 0) is 51.6 Å². The van der Waals surface area contributed by atoms with Gasteiger partial charge in [-0.1, -0.05) is 13.8 Å². The van der Waals surface area contributed by atoms with Gasteiger partial charge in [-0.2, -0.15) is 0 Å². The molecule has 0 spiro atoms. The Kier molecular flexibility index (Phi) is 5.07. The summed E-state index contributed by atoms with van der Waals surface area (Å²) in [5.74, 6) is 0. The fraction of sp³-hybridized carbons (Fsp3) is 1.00. The monoisotopic (exact) mass is 212 g/mol. The largest absolute Gasteiger partial charge is 0.316 e. The molecule has 0 saturated carbocycles. The number of hydrogen-bond acceptors (Lipinski definition) is 2. The SMILES string of the molecule is CCCNCC1(CC)CCN(C(C)C)C1. The Morgan fingerprint density at radius 2 is 2.07 bits per heavy atom. The van der Waals surface area contributed by atoms with E-state index in [1.165, 1.54) is 45.4 Å². The number of nitrogens with zero attached hydrogens (tertiary/aromatic N) is 1. The standard InChI is InChI=1S/C13H28N2/c1-5-8-14-10-13(6-2)7-9-15(11-13)12(3)4/h12,14H,5-11H2,1-4H3. The van der Waals surface area contributed by atoms with E-state index < -0.39 is 0 Å². The van der Waals surface area contributed by atoms with Crippen LogP contribution in [-0.4, -0.2) is 37.1 Å². The molecule has 1 fully saturated rings. The minimum absolute atomic E-state index is 0.555. The quantitative estimate of drug-likeness (QED) is 0.681. The van der Waals surface area contributed by atoms with Crippen LogP contribution in [0.15, 0.2) is 0 Å². The van der Waals surface area contributed by atoms with Gasteiger partial charge < -0.3 is 10.2 Å². The van der Waals surface area contributed by atoms with Gasteiger partial charge in [0.1, 0.15) is 0 Å². The smallest absolute Gasteiger partial charge is 0.00532 e.